The second-order valence-corrected chi connectivity index (χ2v) is 7.28. The summed E-state index contributed by atoms with van der Waals surface area (Å²) in [6.45, 7) is 1.57. The molecule has 2 aliphatic rings. The Morgan fingerprint density at radius 3 is 2.65 bits per heavy atom. The summed E-state index contributed by atoms with van der Waals surface area (Å²) in [5, 5.41) is 4.65. The number of benzene rings is 1. The third kappa shape index (κ3) is 2.52. The fourth-order valence-corrected chi connectivity index (χ4v) is 3.87. The molecule has 26 heavy (non-hydrogen) atoms. The monoisotopic (exact) mass is 354 g/mol. The van der Waals surface area contributed by atoms with Crippen LogP contribution in [0.3, 0.4) is 0 Å². The molecule has 0 spiro atoms. The van der Waals surface area contributed by atoms with E-state index in [1.54, 1.807) is 0 Å². The fourth-order valence-electron chi connectivity index (χ4n) is 3.87. The molecule has 4 nitrogen and oxygen atoms in total. The lowest BCUT2D eigenvalue weighted by molar-refractivity contribution is 0.589. The summed E-state index contributed by atoms with van der Waals surface area (Å²) in [4.78, 5) is 5.51. The first kappa shape index (κ1) is 15.6. The van der Waals surface area contributed by atoms with Crippen molar-refractivity contribution in [3.63, 3.8) is 0 Å². The number of H-pyrrole nitrogens is 1. The molecule has 134 valence electrons. The van der Waals surface area contributed by atoms with Crippen molar-refractivity contribution in [1.29, 1.82) is 0 Å². The van der Waals surface area contributed by atoms with E-state index < -0.39 is 11.6 Å². The van der Waals surface area contributed by atoms with Gasteiger partial charge < -0.3 is 9.88 Å². The summed E-state index contributed by atoms with van der Waals surface area (Å²) in [7, 11) is 1.98. The van der Waals surface area contributed by atoms with Gasteiger partial charge in [-0.15, -0.1) is 0 Å². The lowest BCUT2D eigenvalue weighted by atomic mass is 10.1. The Balaban J connectivity index is 1.46. The highest BCUT2D eigenvalue weighted by atomic mass is 19.1. The summed E-state index contributed by atoms with van der Waals surface area (Å²) in [5.41, 5.74) is 3.85. The van der Waals surface area contributed by atoms with E-state index in [4.69, 9.17) is 0 Å². The molecular formula is C20H20F2N4. The number of rotatable bonds is 3. The standard InChI is InChI=1S/C20H20F2N4/c1-25-19(10-17(24-25)12-5-6-12)26-8-7-16-13(11-26)9-18(23-16)20-14(21)3-2-4-15(20)22/h2-4,9-10,12,23H,5-8,11H2,1H3. The molecule has 1 saturated carbocycles. The number of aryl methyl sites for hydroxylation is 1. The van der Waals surface area contributed by atoms with Crippen LogP contribution in [0.4, 0.5) is 14.6 Å². The van der Waals surface area contributed by atoms with Gasteiger partial charge in [-0.05, 0) is 36.6 Å². The number of fused-ring (bicyclic) bond motifs is 1. The van der Waals surface area contributed by atoms with Gasteiger partial charge in [0.25, 0.3) is 0 Å². The molecule has 1 N–H and O–H groups in total. The van der Waals surface area contributed by atoms with E-state index in [2.05, 4.69) is 21.0 Å². The minimum atomic E-state index is -0.541. The summed E-state index contributed by atoms with van der Waals surface area (Å²) >= 11 is 0. The average molecular weight is 354 g/mol. The quantitative estimate of drug-likeness (QED) is 0.768. The Kier molecular flexibility index (Phi) is 3.42. The van der Waals surface area contributed by atoms with Crippen molar-refractivity contribution in [3.05, 3.63) is 58.9 Å². The van der Waals surface area contributed by atoms with Gasteiger partial charge in [0.1, 0.15) is 17.5 Å². The van der Waals surface area contributed by atoms with Crippen LogP contribution in [-0.2, 0) is 20.0 Å². The van der Waals surface area contributed by atoms with E-state index in [9.17, 15) is 8.78 Å². The van der Waals surface area contributed by atoms with Gasteiger partial charge in [-0.2, -0.15) is 5.10 Å². The van der Waals surface area contributed by atoms with Crippen molar-refractivity contribution in [3.8, 4) is 11.3 Å². The van der Waals surface area contributed by atoms with Gasteiger partial charge in [-0.1, -0.05) is 6.07 Å². The number of anilines is 1. The van der Waals surface area contributed by atoms with Crippen LogP contribution in [0.25, 0.3) is 11.3 Å². The molecule has 1 aliphatic heterocycles. The maximum absolute atomic E-state index is 14.1. The number of nitrogens with one attached hydrogen (secondary N) is 1. The minimum Gasteiger partial charge on any atom is -0.358 e. The van der Waals surface area contributed by atoms with E-state index in [-0.39, 0.29) is 5.56 Å². The molecule has 3 aromatic rings. The normalized spacial score (nSPS) is 16.8. The van der Waals surface area contributed by atoms with Crippen molar-refractivity contribution < 1.29 is 8.78 Å². The van der Waals surface area contributed by atoms with Crippen molar-refractivity contribution in [2.45, 2.75) is 31.7 Å². The molecule has 0 bridgehead atoms. The van der Waals surface area contributed by atoms with E-state index in [0.29, 0.717) is 18.2 Å². The zero-order chi connectivity index (χ0) is 17.8. The van der Waals surface area contributed by atoms with Crippen molar-refractivity contribution in [1.82, 2.24) is 14.8 Å². The molecule has 1 aromatic carbocycles. The lowest BCUT2D eigenvalue weighted by Gasteiger charge is -2.28. The molecule has 5 rings (SSSR count). The first-order valence-corrected chi connectivity index (χ1v) is 9.04. The zero-order valence-electron chi connectivity index (χ0n) is 14.6. The Labute approximate surface area is 150 Å². The van der Waals surface area contributed by atoms with Crippen LogP contribution < -0.4 is 4.90 Å². The van der Waals surface area contributed by atoms with E-state index >= 15 is 0 Å². The lowest BCUT2D eigenvalue weighted by Crippen LogP contribution is -2.31. The predicted octanol–water partition coefficient (Wildman–Crippen LogP) is 4.13. The first-order valence-electron chi connectivity index (χ1n) is 9.04. The SMILES string of the molecule is Cn1nc(C2CC2)cc1N1CCc2[nH]c(-c3c(F)cccc3F)cc2C1. The maximum Gasteiger partial charge on any atom is 0.135 e. The van der Waals surface area contributed by atoms with Gasteiger partial charge in [-0.3, -0.25) is 4.68 Å². The first-order chi connectivity index (χ1) is 12.6. The summed E-state index contributed by atoms with van der Waals surface area (Å²) in [6, 6.07) is 8.03. The second kappa shape index (κ2) is 5.69. The number of nitrogens with zero attached hydrogens (tertiary/aromatic N) is 3. The van der Waals surface area contributed by atoms with Crippen molar-refractivity contribution in [2.75, 3.05) is 11.4 Å². The average Bonchev–Trinajstić information content (AvgIpc) is 3.26. The molecule has 0 atom stereocenters. The topological polar surface area (TPSA) is 36.9 Å². The molecule has 0 radical (unpaired) electrons. The van der Waals surface area contributed by atoms with Crippen LogP contribution in [0.2, 0.25) is 0 Å². The van der Waals surface area contributed by atoms with Gasteiger partial charge >= 0.3 is 0 Å². The Bertz CT molecular complexity index is 964. The van der Waals surface area contributed by atoms with E-state index in [0.717, 1.165) is 30.0 Å². The van der Waals surface area contributed by atoms with Crippen LogP contribution >= 0.6 is 0 Å². The third-order valence-corrected chi connectivity index (χ3v) is 5.41. The number of halogens is 2. The Morgan fingerprint density at radius 2 is 1.92 bits per heavy atom. The predicted molar refractivity (Wildman–Crippen MR) is 96.1 cm³/mol. The number of hydrogen-bond acceptors (Lipinski definition) is 2. The molecule has 1 aliphatic carbocycles. The van der Waals surface area contributed by atoms with Gasteiger partial charge in [-0.25, -0.2) is 8.78 Å². The van der Waals surface area contributed by atoms with Gasteiger partial charge in [0, 0.05) is 44.2 Å². The molecule has 0 saturated heterocycles. The molecular weight excluding hydrogens is 334 g/mol. The highest BCUT2D eigenvalue weighted by molar-refractivity contribution is 5.64. The van der Waals surface area contributed by atoms with Crippen molar-refractivity contribution in [2.24, 2.45) is 7.05 Å². The molecule has 1 fully saturated rings. The molecule has 0 amide bonds. The van der Waals surface area contributed by atoms with E-state index in [1.807, 2.05) is 17.8 Å². The smallest absolute Gasteiger partial charge is 0.135 e. The zero-order valence-corrected chi connectivity index (χ0v) is 14.6. The molecule has 3 heterocycles. The van der Waals surface area contributed by atoms with Crippen LogP contribution in [0, 0.1) is 11.6 Å². The highest BCUT2D eigenvalue weighted by Gasteiger charge is 2.29. The van der Waals surface area contributed by atoms with Crippen LogP contribution in [0.1, 0.15) is 35.7 Å². The van der Waals surface area contributed by atoms with Gasteiger partial charge in [0.15, 0.2) is 0 Å². The highest BCUT2D eigenvalue weighted by Crippen LogP contribution is 2.41. The molecule has 6 heteroatoms. The van der Waals surface area contributed by atoms with Gasteiger partial charge in [0.05, 0.1) is 17.0 Å². The Morgan fingerprint density at radius 1 is 1.15 bits per heavy atom. The second-order valence-electron chi connectivity index (χ2n) is 7.28. The van der Waals surface area contributed by atoms with Crippen LogP contribution in [0.15, 0.2) is 30.3 Å². The Hall–Kier alpha value is -2.63. The number of aromatic amines is 1. The van der Waals surface area contributed by atoms with E-state index in [1.165, 1.54) is 36.7 Å². The third-order valence-electron chi connectivity index (χ3n) is 5.41. The fraction of sp³-hybridized carbons (Fsp3) is 0.350. The minimum absolute atomic E-state index is 0.0185. The molecule has 0 unspecified atom stereocenters. The molecule has 2 aromatic heterocycles. The number of hydrogen-bond donors (Lipinski definition) is 1. The summed E-state index contributed by atoms with van der Waals surface area (Å²) < 4.78 is 30.1. The summed E-state index contributed by atoms with van der Waals surface area (Å²) in [6.07, 6.45) is 3.28. The maximum atomic E-state index is 14.1. The summed E-state index contributed by atoms with van der Waals surface area (Å²) in [5.74, 6) is 0.651. The van der Waals surface area contributed by atoms with Crippen LogP contribution in [0.5, 0.6) is 0 Å². The van der Waals surface area contributed by atoms with Crippen molar-refractivity contribution >= 4 is 5.82 Å². The van der Waals surface area contributed by atoms with Gasteiger partial charge in [0.2, 0.25) is 0 Å². The van der Waals surface area contributed by atoms with Crippen LogP contribution in [-0.4, -0.2) is 21.3 Å². The number of aromatic nitrogens is 3. The largest absolute Gasteiger partial charge is 0.358 e.